The Bertz CT molecular complexity index is 259. The fourth-order valence-corrected chi connectivity index (χ4v) is 1.49. The molecule has 0 amide bonds. The molecule has 5 nitrogen and oxygen atoms in total. The molecule has 2 N–H and O–H groups in total. The Morgan fingerprint density at radius 3 is 2.22 bits per heavy atom. The second-order valence-electron chi connectivity index (χ2n) is 4.13. The van der Waals surface area contributed by atoms with E-state index >= 15 is 0 Å². The Hall–Kier alpha value is -0.860. The first-order valence-corrected chi connectivity index (χ1v) is 5.28. The lowest BCUT2D eigenvalue weighted by molar-refractivity contribution is -0.219. The third-order valence-corrected chi connectivity index (χ3v) is 2.29. The minimum absolute atomic E-state index is 0.455. The molecule has 0 radical (unpaired) electrons. The lowest BCUT2D eigenvalue weighted by atomic mass is 9.99. The summed E-state index contributed by atoms with van der Waals surface area (Å²) in [5, 5.41) is 14.2. The zero-order valence-corrected chi connectivity index (χ0v) is 10.2. The van der Waals surface area contributed by atoms with Gasteiger partial charge in [0.05, 0.1) is 6.10 Å². The summed E-state index contributed by atoms with van der Waals surface area (Å²) < 4.78 is 45.4. The number of carbonyl (C=O) groups is 1. The van der Waals surface area contributed by atoms with Crippen LogP contribution in [-0.4, -0.2) is 47.5 Å². The van der Waals surface area contributed by atoms with Crippen molar-refractivity contribution in [3.8, 4) is 0 Å². The highest BCUT2D eigenvalue weighted by Crippen LogP contribution is 2.29. The van der Waals surface area contributed by atoms with Crippen molar-refractivity contribution in [3.05, 3.63) is 0 Å². The van der Waals surface area contributed by atoms with E-state index in [-0.39, 0.29) is 0 Å². The molecule has 0 saturated carbocycles. The van der Waals surface area contributed by atoms with Crippen LogP contribution in [-0.2, 0) is 14.3 Å². The number of ether oxygens (including phenoxy) is 2. The first-order chi connectivity index (χ1) is 8.15. The molecule has 0 aromatic carbocycles. The van der Waals surface area contributed by atoms with Crippen molar-refractivity contribution in [1.82, 2.24) is 0 Å². The lowest BCUT2D eigenvalue weighted by Gasteiger charge is -2.30. The van der Waals surface area contributed by atoms with Crippen molar-refractivity contribution in [3.63, 3.8) is 0 Å². The molecule has 8 heteroatoms. The Balaban J connectivity index is 0.000000873. The van der Waals surface area contributed by atoms with Gasteiger partial charge in [0.15, 0.2) is 0 Å². The fourth-order valence-electron chi connectivity index (χ4n) is 1.49. The first kappa shape index (κ1) is 17.1. The molecule has 0 spiro atoms. The molecule has 1 atom stereocenters. The van der Waals surface area contributed by atoms with E-state index in [1.54, 1.807) is 0 Å². The van der Waals surface area contributed by atoms with Gasteiger partial charge in [-0.1, -0.05) is 0 Å². The topological polar surface area (TPSA) is 76.0 Å². The standard InChI is InChI=1S/C9H13F3O3.CH4O2/c1-8(2,6-4-3-5-14-6)15-7(13)9(10,11)12;2-1-3/h6H,3-5H2,1-2H3;2-3H,1H2. The van der Waals surface area contributed by atoms with Crippen molar-refractivity contribution < 1.29 is 37.7 Å². The molecular weight excluding hydrogens is 257 g/mol. The molecule has 18 heavy (non-hydrogen) atoms. The van der Waals surface area contributed by atoms with Gasteiger partial charge in [0.1, 0.15) is 12.4 Å². The number of halogens is 3. The summed E-state index contributed by atoms with van der Waals surface area (Å²) in [6, 6.07) is 0. The third-order valence-electron chi connectivity index (χ3n) is 2.29. The Kier molecular flexibility index (Phi) is 6.58. The van der Waals surface area contributed by atoms with Crippen molar-refractivity contribution in [1.29, 1.82) is 0 Å². The highest BCUT2D eigenvalue weighted by Gasteiger charge is 2.46. The average Bonchev–Trinajstić information content (AvgIpc) is 2.69. The number of esters is 1. The predicted octanol–water partition coefficient (Wildman–Crippen LogP) is 0.978. The average molecular weight is 274 g/mol. The minimum atomic E-state index is -4.95. The summed E-state index contributed by atoms with van der Waals surface area (Å²) in [6.45, 7) is 2.59. The van der Waals surface area contributed by atoms with Gasteiger partial charge in [-0.15, -0.1) is 0 Å². The molecule has 0 aromatic rings. The molecule has 1 unspecified atom stereocenters. The number of alkyl halides is 3. The zero-order chi connectivity index (χ0) is 14.4. The van der Waals surface area contributed by atoms with Crippen LogP contribution < -0.4 is 0 Å². The molecule has 0 bridgehead atoms. The van der Waals surface area contributed by atoms with Crippen LogP contribution in [0.15, 0.2) is 0 Å². The van der Waals surface area contributed by atoms with Crippen LogP contribution in [0.1, 0.15) is 26.7 Å². The largest absolute Gasteiger partial charge is 0.490 e. The van der Waals surface area contributed by atoms with E-state index in [2.05, 4.69) is 4.74 Å². The molecule has 1 aliphatic rings. The van der Waals surface area contributed by atoms with Gasteiger partial charge in [0.2, 0.25) is 0 Å². The number of hydrogen-bond acceptors (Lipinski definition) is 5. The SMILES string of the molecule is CC(C)(OC(=O)C(F)(F)F)C1CCCO1.OCO. The smallest absolute Gasteiger partial charge is 0.450 e. The van der Waals surface area contributed by atoms with Crippen LogP contribution in [0.2, 0.25) is 0 Å². The maximum Gasteiger partial charge on any atom is 0.490 e. The van der Waals surface area contributed by atoms with Crippen LogP contribution in [0, 0.1) is 0 Å². The lowest BCUT2D eigenvalue weighted by Crippen LogP contribution is -2.43. The van der Waals surface area contributed by atoms with Crippen molar-refractivity contribution >= 4 is 5.97 Å². The van der Waals surface area contributed by atoms with E-state index in [9.17, 15) is 18.0 Å². The molecular formula is C10H17F3O5. The second kappa shape index (κ2) is 6.91. The quantitative estimate of drug-likeness (QED) is 0.580. The van der Waals surface area contributed by atoms with E-state index in [0.717, 1.165) is 6.42 Å². The van der Waals surface area contributed by atoms with Crippen molar-refractivity contribution in [2.75, 3.05) is 13.4 Å². The van der Waals surface area contributed by atoms with Gasteiger partial charge in [0, 0.05) is 6.61 Å². The van der Waals surface area contributed by atoms with Crippen LogP contribution >= 0.6 is 0 Å². The zero-order valence-electron chi connectivity index (χ0n) is 10.2. The van der Waals surface area contributed by atoms with Crippen LogP contribution in [0.25, 0.3) is 0 Å². The number of aliphatic hydroxyl groups excluding tert-OH is 1. The Labute approximate surface area is 102 Å². The van der Waals surface area contributed by atoms with E-state index in [0.29, 0.717) is 13.0 Å². The monoisotopic (exact) mass is 274 g/mol. The molecule has 0 aliphatic carbocycles. The van der Waals surface area contributed by atoms with Gasteiger partial charge in [-0.05, 0) is 26.7 Å². The number of aliphatic hydroxyl groups is 2. The van der Waals surface area contributed by atoms with Gasteiger partial charge in [-0.3, -0.25) is 0 Å². The van der Waals surface area contributed by atoms with E-state index in [1.165, 1.54) is 13.8 Å². The summed E-state index contributed by atoms with van der Waals surface area (Å²) >= 11 is 0. The third kappa shape index (κ3) is 5.65. The van der Waals surface area contributed by atoms with Gasteiger partial charge in [0.25, 0.3) is 0 Å². The Morgan fingerprint density at radius 1 is 1.39 bits per heavy atom. The molecule has 1 heterocycles. The fraction of sp³-hybridized carbons (Fsp3) is 0.900. The maximum atomic E-state index is 12.0. The molecule has 0 aromatic heterocycles. The summed E-state index contributed by atoms with van der Waals surface area (Å²) in [5.41, 5.74) is -1.23. The van der Waals surface area contributed by atoms with Crippen LogP contribution in [0.5, 0.6) is 0 Å². The molecule has 108 valence electrons. The van der Waals surface area contributed by atoms with Gasteiger partial charge >= 0.3 is 12.1 Å². The molecule has 1 saturated heterocycles. The van der Waals surface area contributed by atoms with Gasteiger partial charge < -0.3 is 19.7 Å². The minimum Gasteiger partial charge on any atom is -0.450 e. The highest BCUT2D eigenvalue weighted by atomic mass is 19.4. The number of rotatable bonds is 2. The summed E-state index contributed by atoms with van der Waals surface area (Å²) in [4.78, 5) is 10.6. The number of hydrogen-bond donors (Lipinski definition) is 2. The molecule has 1 aliphatic heterocycles. The maximum absolute atomic E-state index is 12.0. The van der Waals surface area contributed by atoms with Crippen LogP contribution in [0.4, 0.5) is 13.2 Å². The first-order valence-electron chi connectivity index (χ1n) is 5.28. The summed E-state index contributed by atoms with van der Waals surface area (Å²) in [7, 11) is 0. The Morgan fingerprint density at radius 2 is 1.89 bits per heavy atom. The normalized spacial score (nSPS) is 20.1. The van der Waals surface area contributed by atoms with Crippen molar-refractivity contribution in [2.45, 2.75) is 44.6 Å². The van der Waals surface area contributed by atoms with E-state index < -0.39 is 30.6 Å². The van der Waals surface area contributed by atoms with E-state index in [4.69, 9.17) is 14.9 Å². The number of carbonyl (C=O) groups excluding carboxylic acids is 1. The molecule has 1 rings (SSSR count). The second-order valence-corrected chi connectivity index (χ2v) is 4.13. The van der Waals surface area contributed by atoms with Gasteiger partial charge in [-0.25, -0.2) is 4.79 Å². The molecule has 1 fully saturated rings. The predicted molar refractivity (Wildman–Crippen MR) is 54.5 cm³/mol. The summed E-state index contributed by atoms with van der Waals surface area (Å²) in [5.74, 6) is -2.16. The van der Waals surface area contributed by atoms with Crippen LogP contribution in [0.3, 0.4) is 0 Å². The highest BCUT2D eigenvalue weighted by molar-refractivity contribution is 5.76. The van der Waals surface area contributed by atoms with Crippen molar-refractivity contribution in [2.24, 2.45) is 0 Å². The summed E-state index contributed by atoms with van der Waals surface area (Å²) in [6.07, 6.45) is -4.02. The van der Waals surface area contributed by atoms with Gasteiger partial charge in [-0.2, -0.15) is 13.2 Å². The van der Waals surface area contributed by atoms with E-state index in [1.807, 2.05) is 0 Å².